The average Bonchev–Trinajstić information content (AvgIpc) is 3.05. The molecule has 0 bridgehead atoms. The second kappa shape index (κ2) is 7.81. The highest BCUT2D eigenvalue weighted by Gasteiger charge is 2.44. The van der Waals surface area contributed by atoms with Gasteiger partial charge in [0.2, 0.25) is 5.88 Å². The molecule has 0 N–H and O–H groups in total. The van der Waals surface area contributed by atoms with Crippen molar-refractivity contribution in [2.45, 2.75) is 50.4 Å². The van der Waals surface area contributed by atoms with Gasteiger partial charge in [0.05, 0.1) is 6.61 Å². The number of likely N-dealkylation sites (tertiary alicyclic amines) is 1. The fourth-order valence-electron chi connectivity index (χ4n) is 4.42. The lowest BCUT2D eigenvalue weighted by molar-refractivity contribution is -0.0910. The van der Waals surface area contributed by atoms with Crippen LogP contribution in [0.5, 0.6) is 5.88 Å². The van der Waals surface area contributed by atoms with Crippen molar-refractivity contribution in [3.05, 3.63) is 24.4 Å². The molecule has 1 saturated carbocycles. The minimum Gasteiger partial charge on any atom is -0.472 e. The molecule has 0 unspecified atom stereocenters. The van der Waals surface area contributed by atoms with Gasteiger partial charge in [0.15, 0.2) is 0 Å². The van der Waals surface area contributed by atoms with Crippen LogP contribution in [0.3, 0.4) is 0 Å². The normalized spacial score (nSPS) is 31.8. The van der Waals surface area contributed by atoms with Gasteiger partial charge in [-0.25, -0.2) is 4.98 Å². The molecule has 4 rings (SSSR count). The van der Waals surface area contributed by atoms with E-state index in [0.29, 0.717) is 6.04 Å². The Bertz CT molecular complexity index is 507. The van der Waals surface area contributed by atoms with Gasteiger partial charge in [-0.15, -0.1) is 0 Å². The molecule has 1 aliphatic carbocycles. The summed E-state index contributed by atoms with van der Waals surface area (Å²) in [5.74, 6) is 0.720. The first-order chi connectivity index (χ1) is 11.9. The van der Waals surface area contributed by atoms with Crippen LogP contribution >= 0.6 is 0 Å². The third kappa shape index (κ3) is 3.73. The number of rotatable bonds is 5. The van der Waals surface area contributed by atoms with Gasteiger partial charge in [-0.3, -0.25) is 4.90 Å². The molecule has 2 aliphatic heterocycles. The largest absolute Gasteiger partial charge is 0.472 e. The highest BCUT2D eigenvalue weighted by molar-refractivity contribution is 5.11. The summed E-state index contributed by atoms with van der Waals surface area (Å²) in [7, 11) is 0. The number of aromatic nitrogens is 1. The first kappa shape index (κ1) is 16.3. The Kier molecular flexibility index (Phi) is 5.30. The third-order valence-corrected chi connectivity index (χ3v) is 5.71. The van der Waals surface area contributed by atoms with E-state index in [2.05, 4.69) is 14.8 Å². The van der Waals surface area contributed by atoms with Gasteiger partial charge in [0, 0.05) is 37.9 Å². The molecule has 3 atom stereocenters. The van der Waals surface area contributed by atoms with E-state index in [0.717, 1.165) is 25.5 Å². The summed E-state index contributed by atoms with van der Waals surface area (Å²) < 4.78 is 12.2. The predicted molar refractivity (Wildman–Crippen MR) is 93.3 cm³/mol. The lowest BCUT2D eigenvalue weighted by Gasteiger charge is -2.40. The fourth-order valence-corrected chi connectivity index (χ4v) is 4.42. The first-order valence-electron chi connectivity index (χ1n) is 9.56. The maximum Gasteiger partial charge on any atom is 0.213 e. The van der Waals surface area contributed by atoms with Crippen LogP contribution in [0.2, 0.25) is 0 Å². The van der Waals surface area contributed by atoms with Gasteiger partial charge in [0.25, 0.3) is 0 Å². The zero-order chi connectivity index (χ0) is 16.2. The highest BCUT2D eigenvalue weighted by atomic mass is 16.5. The van der Waals surface area contributed by atoms with Crippen LogP contribution < -0.4 is 4.74 Å². The molecule has 24 heavy (non-hydrogen) atoms. The summed E-state index contributed by atoms with van der Waals surface area (Å²) in [6.07, 6.45) is 8.50. The van der Waals surface area contributed by atoms with Crippen LogP contribution in [0.15, 0.2) is 24.4 Å². The van der Waals surface area contributed by atoms with Gasteiger partial charge < -0.3 is 14.4 Å². The van der Waals surface area contributed by atoms with Crippen molar-refractivity contribution in [2.75, 3.05) is 39.3 Å². The number of ether oxygens (including phenoxy) is 2. The van der Waals surface area contributed by atoms with Crippen molar-refractivity contribution in [1.29, 1.82) is 0 Å². The van der Waals surface area contributed by atoms with E-state index in [9.17, 15) is 0 Å². The molecule has 2 saturated heterocycles. The molecule has 1 aromatic heterocycles. The Balaban J connectivity index is 1.32. The van der Waals surface area contributed by atoms with Gasteiger partial charge in [-0.05, 0) is 44.8 Å². The van der Waals surface area contributed by atoms with E-state index in [4.69, 9.17) is 9.47 Å². The smallest absolute Gasteiger partial charge is 0.213 e. The lowest BCUT2D eigenvalue weighted by atomic mass is 10.1. The van der Waals surface area contributed by atoms with Gasteiger partial charge in [-0.2, -0.15) is 0 Å². The summed E-state index contributed by atoms with van der Waals surface area (Å²) in [5, 5.41) is 0. The van der Waals surface area contributed by atoms with Crippen molar-refractivity contribution in [3.63, 3.8) is 0 Å². The number of piperidine rings is 1. The van der Waals surface area contributed by atoms with E-state index in [1.54, 1.807) is 6.20 Å². The molecule has 0 amide bonds. The number of hydrogen-bond acceptors (Lipinski definition) is 5. The number of morpholine rings is 1. The van der Waals surface area contributed by atoms with E-state index in [-0.39, 0.29) is 12.2 Å². The highest BCUT2D eigenvalue weighted by Crippen LogP contribution is 2.32. The number of nitrogens with zero attached hydrogens (tertiary/aromatic N) is 3. The SMILES string of the molecule is c1ccc(O[C@@H]2CC[C@@H]3[C@@H]2OCCN3CCN2CCCCC2)nc1. The monoisotopic (exact) mass is 331 g/mol. The van der Waals surface area contributed by atoms with Crippen molar-refractivity contribution in [3.8, 4) is 5.88 Å². The van der Waals surface area contributed by atoms with Crippen LogP contribution in [0.4, 0.5) is 0 Å². The molecule has 0 spiro atoms. The van der Waals surface area contributed by atoms with Gasteiger partial charge >= 0.3 is 0 Å². The maximum absolute atomic E-state index is 6.11. The topological polar surface area (TPSA) is 37.8 Å². The van der Waals surface area contributed by atoms with E-state index < -0.39 is 0 Å². The van der Waals surface area contributed by atoms with E-state index >= 15 is 0 Å². The molecule has 1 aromatic rings. The van der Waals surface area contributed by atoms with Gasteiger partial charge in [-0.1, -0.05) is 12.5 Å². The van der Waals surface area contributed by atoms with Crippen LogP contribution in [-0.2, 0) is 4.74 Å². The maximum atomic E-state index is 6.11. The molecule has 0 aromatic carbocycles. The van der Waals surface area contributed by atoms with E-state index in [1.165, 1.54) is 51.9 Å². The van der Waals surface area contributed by atoms with Crippen LogP contribution in [-0.4, -0.2) is 72.4 Å². The van der Waals surface area contributed by atoms with Crippen LogP contribution in [0.1, 0.15) is 32.1 Å². The summed E-state index contributed by atoms with van der Waals surface area (Å²) in [6.45, 7) is 6.82. The van der Waals surface area contributed by atoms with Crippen LogP contribution in [0, 0.1) is 0 Å². The molecule has 3 aliphatic rings. The van der Waals surface area contributed by atoms with Crippen molar-refractivity contribution < 1.29 is 9.47 Å². The Morgan fingerprint density at radius 3 is 2.83 bits per heavy atom. The summed E-state index contributed by atoms with van der Waals surface area (Å²) in [6, 6.07) is 6.34. The van der Waals surface area contributed by atoms with Crippen LogP contribution in [0.25, 0.3) is 0 Å². The van der Waals surface area contributed by atoms with E-state index in [1.807, 2.05) is 18.2 Å². The molecular weight excluding hydrogens is 302 g/mol. The molecule has 3 fully saturated rings. The zero-order valence-electron chi connectivity index (χ0n) is 14.5. The second-order valence-corrected chi connectivity index (χ2v) is 7.24. The summed E-state index contributed by atoms with van der Waals surface area (Å²) >= 11 is 0. The minimum absolute atomic E-state index is 0.141. The number of hydrogen-bond donors (Lipinski definition) is 0. The summed E-state index contributed by atoms with van der Waals surface area (Å²) in [5.41, 5.74) is 0. The quantitative estimate of drug-likeness (QED) is 0.827. The number of pyridine rings is 1. The minimum atomic E-state index is 0.141. The zero-order valence-corrected chi connectivity index (χ0v) is 14.5. The van der Waals surface area contributed by atoms with Crippen molar-refractivity contribution in [1.82, 2.24) is 14.8 Å². The molecule has 5 nitrogen and oxygen atoms in total. The molecular formula is C19H29N3O2. The average molecular weight is 331 g/mol. The molecule has 132 valence electrons. The second-order valence-electron chi connectivity index (χ2n) is 7.24. The third-order valence-electron chi connectivity index (χ3n) is 5.71. The summed E-state index contributed by atoms with van der Waals surface area (Å²) in [4.78, 5) is 9.57. The standard InChI is InChI=1S/C19H29N3O2/c1-4-10-21(11-5-1)12-13-22-14-15-23-19-16(22)7-8-17(19)24-18-6-2-3-9-20-18/h2-3,6,9,16-17,19H,1,4-5,7-8,10-15H2/t16-,17-,19+/m1/s1. The molecule has 5 heteroatoms. The molecule has 3 heterocycles. The van der Waals surface area contributed by atoms with Gasteiger partial charge in [0.1, 0.15) is 12.2 Å². The Hall–Kier alpha value is -1.17. The Labute approximate surface area is 144 Å². The number of fused-ring (bicyclic) bond motifs is 1. The Morgan fingerprint density at radius 2 is 2.00 bits per heavy atom. The predicted octanol–water partition coefficient (Wildman–Crippen LogP) is 2.18. The molecule has 0 radical (unpaired) electrons. The van der Waals surface area contributed by atoms with Crippen molar-refractivity contribution in [2.24, 2.45) is 0 Å². The first-order valence-corrected chi connectivity index (χ1v) is 9.56. The Morgan fingerprint density at radius 1 is 1.08 bits per heavy atom. The fraction of sp³-hybridized carbons (Fsp3) is 0.737. The lowest BCUT2D eigenvalue weighted by Crippen LogP contribution is -2.54. The van der Waals surface area contributed by atoms with Crippen molar-refractivity contribution >= 4 is 0 Å².